The molecule has 0 radical (unpaired) electrons. The summed E-state index contributed by atoms with van der Waals surface area (Å²) in [4.78, 5) is 14.5. The maximum absolute atomic E-state index is 10.2. The van der Waals surface area contributed by atoms with E-state index >= 15 is 0 Å². The van der Waals surface area contributed by atoms with Crippen LogP contribution in [-0.4, -0.2) is 22.6 Å². The van der Waals surface area contributed by atoms with Gasteiger partial charge in [0, 0.05) is 18.3 Å². The summed E-state index contributed by atoms with van der Waals surface area (Å²) in [7, 11) is 0. The van der Waals surface area contributed by atoms with Gasteiger partial charge in [-0.2, -0.15) is 0 Å². The highest BCUT2D eigenvalue weighted by Crippen LogP contribution is 2.07. The predicted molar refractivity (Wildman–Crippen MR) is 60.0 cm³/mol. The number of carbonyl (C=O) groups is 1. The molecule has 0 fully saturated rings. The minimum absolute atomic E-state index is 0.261. The fourth-order valence-electron chi connectivity index (χ4n) is 1.23. The molecule has 0 atom stereocenters. The Morgan fingerprint density at radius 1 is 1.60 bits per heavy atom. The maximum Gasteiger partial charge on any atom is 0.303 e. The van der Waals surface area contributed by atoms with Crippen molar-refractivity contribution in [3.05, 3.63) is 16.1 Å². The van der Waals surface area contributed by atoms with Crippen molar-refractivity contribution in [1.82, 2.24) is 10.3 Å². The van der Waals surface area contributed by atoms with Crippen LogP contribution in [0.2, 0.25) is 0 Å². The third-order valence-electron chi connectivity index (χ3n) is 1.97. The fourth-order valence-corrected chi connectivity index (χ4v) is 1.84. The first-order chi connectivity index (χ1) is 7.18. The first-order valence-corrected chi connectivity index (χ1v) is 5.90. The number of hydrogen-bond donors (Lipinski definition) is 2. The zero-order chi connectivity index (χ0) is 11.1. The van der Waals surface area contributed by atoms with Crippen molar-refractivity contribution in [1.29, 1.82) is 0 Å². The molecule has 0 aliphatic carbocycles. The normalized spacial score (nSPS) is 10.5. The second kappa shape index (κ2) is 6.53. The van der Waals surface area contributed by atoms with Gasteiger partial charge in [-0.1, -0.05) is 0 Å². The van der Waals surface area contributed by atoms with Crippen LogP contribution in [0, 0.1) is 6.92 Å². The second-order valence-corrected chi connectivity index (χ2v) is 4.45. The first-order valence-electron chi connectivity index (χ1n) is 5.02. The second-order valence-electron chi connectivity index (χ2n) is 3.39. The zero-order valence-electron chi connectivity index (χ0n) is 8.82. The van der Waals surface area contributed by atoms with Crippen molar-refractivity contribution >= 4 is 17.3 Å². The Kier molecular flexibility index (Phi) is 5.28. The van der Waals surface area contributed by atoms with E-state index in [0.29, 0.717) is 0 Å². The molecule has 0 aromatic carbocycles. The first kappa shape index (κ1) is 12.1. The SMILES string of the molecule is Cc1nc(CNCCCCC(=O)O)cs1. The predicted octanol–water partition coefficient (Wildman–Crippen LogP) is 1.80. The van der Waals surface area contributed by atoms with E-state index in [1.165, 1.54) is 0 Å². The summed E-state index contributed by atoms with van der Waals surface area (Å²) in [6.07, 6.45) is 1.89. The van der Waals surface area contributed by atoms with E-state index in [1.54, 1.807) is 11.3 Å². The Morgan fingerprint density at radius 3 is 3.00 bits per heavy atom. The maximum atomic E-state index is 10.2. The highest BCUT2D eigenvalue weighted by Gasteiger charge is 1.98. The van der Waals surface area contributed by atoms with Crippen molar-refractivity contribution in [2.75, 3.05) is 6.54 Å². The lowest BCUT2D eigenvalue weighted by atomic mass is 10.2. The Balaban J connectivity index is 2.00. The van der Waals surface area contributed by atoms with Crippen molar-refractivity contribution < 1.29 is 9.90 Å². The number of carboxylic acid groups (broad SMARTS) is 1. The lowest BCUT2D eigenvalue weighted by Crippen LogP contribution is -2.15. The molecule has 0 amide bonds. The van der Waals surface area contributed by atoms with E-state index < -0.39 is 5.97 Å². The molecular weight excluding hydrogens is 212 g/mol. The van der Waals surface area contributed by atoms with Gasteiger partial charge in [0.25, 0.3) is 0 Å². The Hall–Kier alpha value is -0.940. The quantitative estimate of drug-likeness (QED) is 0.698. The van der Waals surface area contributed by atoms with Crippen LogP contribution in [-0.2, 0) is 11.3 Å². The van der Waals surface area contributed by atoms with Crippen molar-refractivity contribution in [3.63, 3.8) is 0 Å². The van der Waals surface area contributed by atoms with Gasteiger partial charge in [-0.15, -0.1) is 11.3 Å². The molecule has 0 saturated heterocycles. The van der Waals surface area contributed by atoms with Gasteiger partial charge >= 0.3 is 5.97 Å². The minimum atomic E-state index is -0.717. The van der Waals surface area contributed by atoms with Gasteiger partial charge < -0.3 is 10.4 Å². The summed E-state index contributed by atoms with van der Waals surface area (Å²) < 4.78 is 0. The zero-order valence-corrected chi connectivity index (χ0v) is 9.64. The van der Waals surface area contributed by atoms with Gasteiger partial charge in [0.15, 0.2) is 0 Å². The van der Waals surface area contributed by atoms with Crippen molar-refractivity contribution in [3.8, 4) is 0 Å². The monoisotopic (exact) mass is 228 g/mol. The topological polar surface area (TPSA) is 62.2 Å². The van der Waals surface area contributed by atoms with Gasteiger partial charge in [0.05, 0.1) is 10.7 Å². The van der Waals surface area contributed by atoms with Crippen LogP contribution in [0.15, 0.2) is 5.38 Å². The molecule has 1 rings (SSSR count). The van der Waals surface area contributed by atoms with Crippen LogP contribution >= 0.6 is 11.3 Å². The molecule has 84 valence electrons. The van der Waals surface area contributed by atoms with Crippen LogP contribution in [0.4, 0.5) is 0 Å². The lowest BCUT2D eigenvalue weighted by Gasteiger charge is -2.01. The number of rotatable bonds is 7. The van der Waals surface area contributed by atoms with Gasteiger partial charge in [-0.3, -0.25) is 4.79 Å². The summed E-state index contributed by atoms with van der Waals surface area (Å²) in [6, 6.07) is 0. The summed E-state index contributed by atoms with van der Waals surface area (Å²) in [5.74, 6) is -0.717. The molecule has 0 aliphatic heterocycles. The Labute approximate surface area is 93.4 Å². The molecule has 0 saturated carbocycles. The van der Waals surface area contributed by atoms with Crippen LogP contribution in [0.25, 0.3) is 0 Å². The van der Waals surface area contributed by atoms with E-state index in [2.05, 4.69) is 10.3 Å². The van der Waals surface area contributed by atoms with Gasteiger partial charge in [-0.25, -0.2) is 4.98 Å². The molecular formula is C10H16N2O2S. The van der Waals surface area contributed by atoms with Gasteiger partial charge in [0.1, 0.15) is 0 Å². The van der Waals surface area contributed by atoms with Crippen LogP contribution in [0.1, 0.15) is 30.0 Å². The molecule has 0 bridgehead atoms. The van der Waals surface area contributed by atoms with Crippen LogP contribution < -0.4 is 5.32 Å². The number of aliphatic carboxylic acids is 1. The van der Waals surface area contributed by atoms with E-state index in [0.717, 1.165) is 36.6 Å². The average Bonchev–Trinajstić information content (AvgIpc) is 2.57. The standard InChI is InChI=1S/C10H16N2O2S/c1-8-12-9(7-15-8)6-11-5-3-2-4-10(13)14/h7,11H,2-6H2,1H3,(H,13,14). The molecule has 2 N–H and O–H groups in total. The molecule has 0 spiro atoms. The molecule has 5 heteroatoms. The average molecular weight is 228 g/mol. The Morgan fingerprint density at radius 2 is 2.40 bits per heavy atom. The summed E-state index contributed by atoms with van der Waals surface area (Å²) in [6.45, 7) is 3.61. The van der Waals surface area contributed by atoms with Crippen LogP contribution in [0.3, 0.4) is 0 Å². The number of carboxylic acids is 1. The summed E-state index contributed by atoms with van der Waals surface area (Å²) in [5.41, 5.74) is 1.07. The molecule has 1 aromatic rings. The smallest absolute Gasteiger partial charge is 0.303 e. The highest BCUT2D eigenvalue weighted by molar-refractivity contribution is 7.09. The number of unbranched alkanes of at least 4 members (excludes halogenated alkanes) is 1. The Bertz CT molecular complexity index is 312. The number of thiazole rings is 1. The van der Waals surface area contributed by atoms with Gasteiger partial charge in [-0.05, 0) is 26.3 Å². The molecule has 0 aliphatic rings. The number of nitrogens with zero attached hydrogens (tertiary/aromatic N) is 1. The van der Waals surface area contributed by atoms with E-state index in [-0.39, 0.29) is 6.42 Å². The number of nitrogens with one attached hydrogen (secondary N) is 1. The molecule has 15 heavy (non-hydrogen) atoms. The van der Waals surface area contributed by atoms with E-state index in [9.17, 15) is 4.79 Å². The van der Waals surface area contributed by atoms with Crippen LogP contribution in [0.5, 0.6) is 0 Å². The highest BCUT2D eigenvalue weighted by atomic mass is 32.1. The summed E-state index contributed by atoms with van der Waals surface area (Å²) >= 11 is 1.65. The van der Waals surface area contributed by atoms with Crippen molar-refractivity contribution in [2.45, 2.75) is 32.7 Å². The molecule has 1 heterocycles. The third-order valence-corrected chi connectivity index (χ3v) is 2.79. The third kappa shape index (κ3) is 5.49. The van der Waals surface area contributed by atoms with E-state index in [1.807, 2.05) is 12.3 Å². The lowest BCUT2D eigenvalue weighted by molar-refractivity contribution is -0.137. The number of hydrogen-bond acceptors (Lipinski definition) is 4. The molecule has 4 nitrogen and oxygen atoms in total. The molecule has 1 aromatic heterocycles. The fraction of sp³-hybridized carbons (Fsp3) is 0.600. The summed E-state index contributed by atoms with van der Waals surface area (Å²) in [5, 5.41) is 14.8. The van der Waals surface area contributed by atoms with Gasteiger partial charge in [0.2, 0.25) is 0 Å². The van der Waals surface area contributed by atoms with Crippen molar-refractivity contribution in [2.24, 2.45) is 0 Å². The number of aryl methyl sites for hydroxylation is 1. The largest absolute Gasteiger partial charge is 0.481 e. The molecule has 0 unspecified atom stereocenters. The van der Waals surface area contributed by atoms with E-state index in [4.69, 9.17) is 5.11 Å². The number of aromatic nitrogens is 1. The minimum Gasteiger partial charge on any atom is -0.481 e.